The average Bonchev–Trinajstić information content (AvgIpc) is 3.17. The van der Waals surface area contributed by atoms with Gasteiger partial charge in [-0.1, -0.05) is 29.8 Å². The normalized spacial score (nSPS) is 11.2. The summed E-state index contributed by atoms with van der Waals surface area (Å²) in [6, 6.07) is 15.0. The number of hydrogen-bond donors (Lipinski definition) is 0. The van der Waals surface area contributed by atoms with E-state index in [1.54, 1.807) is 29.0 Å². The highest BCUT2D eigenvalue weighted by molar-refractivity contribution is 5.78. The van der Waals surface area contributed by atoms with E-state index in [0.29, 0.717) is 23.2 Å². The first-order valence-corrected chi connectivity index (χ1v) is 9.27. The zero-order chi connectivity index (χ0) is 19.8. The minimum atomic E-state index is -0.334. The summed E-state index contributed by atoms with van der Waals surface area (Å²) in [5.74, 6) is 0.573. The van der Waals surface area contributed by atoms with Gasteiger partial charge >= 0.3 is 5.69 Å². The summed E-state index contributed by atoms with van der Waals surface area (Å²) in [6.07, 6.45) is 1.54. The molecule has 0 radical (unpaired) electrons. The Morgan fingerprint density at radius 1 is 0.857 bits per heavy atom. The van der Waals surface area contributed by atoms with Crippen LogP contribution in [-0.2, 0) is 13.1 Å². The third-order valence-corrected chi connectivity index (χ3v) is 5.18. The Labute approximate surface area is 162 Å². The van der Waals surface area contributed by atoms with E-state index in [4.69, 9.17) is 4.42 Å². The molecule has 2 aromatic carbocycles. The maximum Gasteiger partial charge on any atom is 0.332 e. The van der Waals surface area contributed by atoms with E-state index < -0.39 is 0 Å². The molecule has 2 aromatic heterocycles. The van der Waals surface area contributed by atoms with Gasteiger partial charge in [0.05, 0.1) is 30.3 Å². The van der Waals surface area contributed by atoms with Gasteiger partial charge in [0.2, 0.25) is 0 Å². The quantitative estimate of drug-likeness (QED) is 0.546. The molecule has 0 unspecified atom stereocenters. The summed E-state index contributed by atoms with van der Waals surface area (Å²) in [5, 5.41) is 0.524. The van der Waals surface area contributed by atoms with Crippen LogP contribution >= 0.6 is 0 Å². The first kappa shape index (κ1) is 18.0. The lowest BCUT2D eigenvalue weighted by molar-refractivity contribution is 0.479. The van der Waals surface area contributed by atoms with Crippen LogP contribution in [0.15, 0.2) is 68.8 Å². The monoisotopic (exact) mass is 374 g/mol. The SMILES string of the molecule is Cc1cc(C)c(Cn2c(=O)n(Cc3ccco3)c(=O)c3ccccc32)c(C)c1. The minimum absolute atomic E-state index is 0.112. The van der Waals surface area contributed by atoms with Gasteiger partial charge in [-0.05, 0) is 61.7 Å². The molecule has 2 heterocycles. The van der Waals surface area contributed by atoms with Crippen molar-refractivity contribution in [1.29, 1.82) is 0 Å². The van der Waals surface area contributed by atoms with E-state index >= 15 is 0 Å². The predicted octanol–water partition coefficient (Wildman–Crippen LogP) is 3.78. The topological polar surface area (TPSA) is 57.1 Å². The van der Waals surface area contributed by atoms with Crippen LogP contribution in [0.1, 0.15) is 28.0 Å². The molecule has 0 N–H and O–H groups in total. The highest BCUT2D eigenvalue weighted by Crippen LogP contribution is 2.19. The molecule has 0 aliphatic carbocycles. The largest absolute Gasteiger partial charge is 0.467 e. The van der Waals surface area contributed by atoms with Gasteiger partial charge < -0.3 is 4.42 Å². The molecule has 0 amide bonds. The molecule has 28 heavy (non-hydrogen) atoms. The van der Waals surface area contributed by atoms with Gasteiger partial charge in [0.1, 0.15) is 5.76 Å². The van der Waals surface area contributed by atoms with E-state index in [0.717, 1.165) is 16.7 Å². The van der Waals surface area contributed by atoms with Gasteiger partial charge in [-0.25, -0.2) is 4.79 Å². The third-order valence-electron chi connectivity index (χ3n) is 5.18. The van der Waals surface area contributed by atoms with Crippen LogP contribution in [0.3, 0.4) is 0 Å². The number of aromatic nitrogens is 2. The average molecular weight is 374 g/mol. The third kappa shape index (κ3) is 3.09. The Morgan fingerprint density at radius 3 is 2.25 bits per heavy atom. The highest BCUT2D eigenvalue weighted by Gasteiger charge is 2.16. The van der Waals surface area contributed by atoms with Gasteiger partial charge in [0.15, 0.2) is 0 Å². The van der Waals surface area contributed by atoms with Crippen molar-refractivity contribution in [2.45, 2.75) is 33.9 Å². The number of benzene rings is 2. The molecule has 0 bridgehead atoms. The number of hydrogen-bond acceptors (Lipinski definition) is 3. The molecule has 0 spiro atoms. The van der Waals surface area contributed by atoms with Crippen molar-refractivity contribution in [3.8, 4) is 0 Å². The van der Waals surface area contributed by atoms with Crippen molar-refractivity contribution in [2.24, 2.45) is 0 Å². The molecule has 5 heteroatoms. The van der Waals surface area contributed by atoms with E-state index in [1.807, 2.05) is 18.2 Å². The lowest BCUT2D eigenvalue weighted by Crippen LogP contribution is -2.40. The van der Waals surface area contributed by atoms with Gasteiger partial charge in [-0.2, -0.15) is 0 Å². The van der Waals surface area contributed by atoms with E-state index in [2.05, 4.69) is 32.9 Å². The molecule has 0 aliphatic heterocycles. The van der Waals surface area contributed by atoms with Gasteiger partial charge in [0, 0.05) is 0 Å². The second-order valence-electron chi connectivity index (χ2n) is 7.23. The first-order chi connectivity index (χ1) is 13.5. The zero-order valence-corrected chi connectivity index (χ0v) is 16.2. The van der Waals surface area contributed by atoms with Crippen molar-refractivity contribution in [2.75, 3.05) is 0 Å². The Kier molecular flexibility index (Phi) is 4.51. The number of aryl methyl sites for hydroxylation is 3. The van der Waals surface area contributed by atoms with Crippen LogP contribution in [0.5, 0.6) is 0 Å². The van der Waals surface area contributed by atoms with Crippen molar-refractivity contribution < 1.29 is 4.42 Å². The van der Waals surface area contributed by atoms with Gasteiger partial charge in [0.25, 0.3) is 5.56 Å². The lowest BCUT2D eigenvalue weighted by atomic mass is 9.99. The maximum atomic E-state index is 13.3. The zero-order valence-electron chi connectivity index (χ0n) is 16.2. The summed E-state index contributed by atoms with van der Waals surface area (Å²) < 4.78 is 8.30. The summed E-state index contributed by atoms with van der Waals surface area (Å²) in [6.45, 7) is 6.70. The maximum absolute atomic E-state index is 13.3. The number of para-hydroxylation sites is 1. The van der Waals surface area contributed by atoms with Crippen molar-refractivity contribution in [1.82, 2.24) is 9.13 Å². The molecule has 0 saturated heterocycles. The Hall–Kier alpha value is -3.34. The van der Waals surface area contributed by atoms with Crippen LogP contribution < -0.4 is 11.2 Å². The predicted molar refractivity (Wildman–Crippen MR) is 110 cm³/mol. The highest BCUT2D eigenvalue weighted by atomic mass is 16.3. The molecule has 0 fully saturated rings. The molecular weight excluding hydrogens is 352 g/mol. The molecule has 0 aliphatic rings. The molecule has 4 rings (SSSR count). The van der Waals surface area contributed by atoms with Crippen LogP contribution in [0.4, 0.5) is 0 Å². The molecular formula is C23H22N2O3. The second-order valence-corrected chi connectivity index (χ2v) is 7.23. The Bertz CT molecular complexity index is 1250. The fourth-order valence-corrected chi connectivity index (χ4v) is 3.84. The number of furan rings is 1. The number of nitrogens with zero attached hydrogens (tertiary/aromatic N) is 2. The Balaban J connectivity index is 1.95. The van der Waals surface area contributed by atoms with Crippen LogP contribution in [0.25, 0.3) is 10.9 Å². The first-order valence-electron chi connectivity index (χ1n) is 9.27. The minimum Gasteiger partial charge on any atom is -0.467 e. The fourth-order valence-electron chi connectivity index (χ4n) is 3.84. The standard InChI is InChI=1S/C23H22N2O3/c1-15-11-16(2)20(17(3)12-15)14-24-21-9-5-4-8-19(21)22(26)25(23(24)27)13-18-7-6-10-28-18/h4-12H,13-14H2,1-3H3. The van der Waals surface area contributed by atoms with Gasteiger partial charge in [-0.3, -0.25) is 13.9 Å². The molecule has 0 atom stereocenters. The van der Waals surface area contributed by atoms with E-state index in [1.165, 1.54) is 10.1 Å². The summed E-state index contributed by atoms with van der Waals surface area (Å²) in [4.78, 5) is 26.3. The molecule has 0 saturated carbocycles. The summed E-state index contributed by atoms with van der Waals surface area (Å²) >= 11 is 0. The van der Waals surface area contributed by atoms with Gasteiger partial charge in [-0.15, -0.1) is 0 Å². The van der Waals surface area contributed by atoms with Crippen molar-refractivity contribution in [3.63, 3.8) is 0 Å². The summed E-state index contributed by atoms with van der Waals surface area (Å²) in [5.41, 5.74) is 4.58. The lowest BCUT2D eigenvalue weighted by Gasteiger charge is -2.17. The van der Waals surface area contributed by atoms with Crippen LogP contribution in [0, 0.1) is 20.8 Å². The number of rotatable bonds is 4. The smallest absolute Gasteiger partial charge is 0.332 e. The summed E-state index contributed by atoms with van der Waals surface area (Å²) in [7, 11) is 0. The van der Waals surface area contributed by atoms with Crippen LogP contribution in [0.2, 0.25) is 0 Å². The van der Waals surface area contributed by atoms with Crippen molar-refractivity contribution >= 4 is 10.9 Å². The molecule has 5 nitrogen and oxygen atoms in total. The Morgan fingerprint density at radius 2 is 1.57 bits per heavy atom. The number of fused-ring (bicyclic) bond motifs is 1. The van der Waals surface area contributed by atoms with E-state index in [-0.39, 0.29) is 17.8 Å². The fraction of sp³-hybridized carbons (Fsp3) is 0.217. The molecule has 4 aromatic rings. The second kappa shape index (κ2) is 7.00. The van der Waals surface area contributed by atoms with Crippen LogP contribution in [-0.4, -0.2) is 9.13 Å². The van der Waals surface area contributed by atoms with Crippen molar-refractivity contribution in [3.05, 3.63) is 104 Å². The molecule has 142 valence electrons. The van der Waals surface area contributed by atoms with E-state index in [9.17, 15) is 9.59 Å².